The van der Waals surface area contributed by atoms with Crippen LogP contribution >= 0.6 is 11.6 Å². The van der Waals surface area contributed by atoms with Crippen LogP contribution in [0.4, 0.5) is 0 Å². The van der Waals surface area contributed by atoms with Gasteiger partial charge in [-0.25, -0.2) is 10.2 Å². The van der Waals surface area contributed by atoms with Crippen LogP contribution < -0.4 is 14.9 Å². The molecule has 0 bridgehead atoms. The highest BCUT2D eigenvalue weighted by Gasteiger charge is 2.04. The largest absolute Gasteiger partial charge is 0.484 e. The van der Waals surface area contributed by atoms with Gasteiger partial charge in [-0.3, -0.25) is 4.79 Å². The molecule has 0 spiro atoms. The Morgan fingerprint density at radius 1 is 1.13 bits per heavy atom. The second-order valence-electron chi connectivity index (χ2n) is 6.34. The second-order valence-corrected chi connectivity index (χ2v) is 6.74. The van der Waals surface area contributed by atoms with Crippen LogP contribution in [-0.4, -0.2) is 24.7 Å². The lowest BCUT2D eigenvalue weighted by Gasteiger charge is -2.06. The van der Waals surface area contributed by atoms with E-state index in [0.29, 0.717) is 27.8 Å². The fraction of sp³-hybridized carbons (Fsp3) is 0.0870. The topological polar surface area (TPSA) is 90.1 Å². The maximum Gasteiger partial charge on any atom is 0.336 e. The molecule has 7 nitrogen and oxygen atoms in total. The highest BCUT2D eigenvalue weighted by molar-refractivity contribution is 6.31. The van der Waals surface area contributed by atoms with Gasteiger partial charge in [-0.1, -0.05) is 23.7 Å². The monoisotopic (exact) mass is 438 g/mol. The molecule has 0 unspecified atom stereocenters. The van der Waals surface area contributed by atoms with Crippen LogP contribution in [0.2, 0.25) is 5.02 Å². The van der Waals surface area contributed by atoms with Crippen molar-refractivity contribution in [2.45, 2.75) is 6.92 Å². The number of carbonyl (C=O) groups is 2. The van der Waals surface area contributed by atoms with E-state index in [1.807, 2.05) is 6.92 Å². The van der Waals surface area contributed by atoms with E-state index in [-0.39, 0.29) is 6.61 Å². The normalized spacial score (nSPS) is 11.0. The molecular weight excluding hydrogens is 420 g/mol. The van der Waals surface area contributed by atoms with E-state index < -0.39 is 11.9 Å². The average Bonchev–Trinajstić information content (AvgIpc) is 3.27. The Bertz CT molecular complexity index is 1110. The Labute approximate surface area is 183 Å². The van der Waals surface area contributed by atoms with Crippen molar-refractivity contribution in [1.29, 1.82) is 0 Å². The number of furan rings is 1. The number of ether oxygens (including phenoxy) is 2. The molecule has 0 radical (unpaired) electrons. The lowest BCUT2D eigenvalue weighted by atomic mass is 10.2. The lowest BCUT2D eigenvalue weighted by Crippen LogP contribution is -2.24. The smallest absolute Gasteiger partial charge is 0.336 e. The summed E-state index contributed by atoms with van der Waals surface area (Å²) >= 11 is 5.96. The first-order chi connectivity index (χ1) is 15.0. The number of amides is 1. The highest BCUT2D eigenvalue weighted by Crippen LogP contribution is 2.20. The number of hydrogen-bond acceptors (Lipinski definition) is 6. The minimum atomic E-state index is -0.548. The first-order valence-corrected chi connectivity index (χ1v) is 9.62. The summed E-state index contributed by atoms with van der Waals surface area (Å²) in [6.07, 6.45) is 5.72. The van der Waals surface area contributed by atoms with Gasteiger partial charge in [0.25, 0.3) is 5.91 Å². The summed E-state index contributed by atoms with van der Waals surface area (Å²) in [5, 5.41) is 4.51. The quantitative estimate of drug-likeness (QED) is 0.185. The van der Waals surface area contributed by atoms with Gasteiger partial charge in [-0.2, -0.15) is 5.10 Å². The third kappa shape index (κ3) is 7.17. The molecule has 0 aliphatic rings. The number of aryl methyl sites for hydroxylation is 1. The third-order valence-electron chi connectivity index (χ3n) is 3.91. The zero-order chi connectivity index (χ0) is 22.1. The predicted octanol–water partition coefficient (Wildman–Crippen LogP) is 4.39. The number of benzene rings is 2. The molecule has 0 saturated heterocycles. The maximum absolute atomic E-state index is 11.9. The predicted molar refractivity (Wildman–Crippen MR) is 117 cm³/mol. The van der Waals surface area contributed by atoms with E-state index in [0.717, 1.165) is 5.56 Å². The Hall–Kier alpha value is -3.84. The van der Waals surface area contributed by atoms with Gasteiger partial charge < -0.3 is 13.9 Å². The molecule has 158 valence electrons. The van der Waals surface area contributed by atoms with Crippen LogP contribution in [0, 0.1) is 6.92 Å². The van der Waals surface area contributed by atoms with Crippen molar-refractivity contribution in [1.82, 2.24) is 5.43 Å². The summed E-state index contributed by atoms with van der Waals surface area (Å²) in [6.45, 7) is 1.65. The van der Waals surface area contributed by atoms with Gasteiger partial charge in [0.2, 0.25) is 0 Å². The minimum Gasteiger partial charge on any atom is -0.484 e. The summed E-state index contributed by atoms with van der Waals surface area (Å²) in [6, 6.07) is 15.3. The molecule has 3 aromatic rings. The third-order valence-corrected chi connectivity index (χ3v) is 4.33. The SMILES string of the molecule is Cc1cc(OCC(=O)N/N=C\c2cccc(OC(=O)/C=C/c3ccco3)c2)ccc1Cl. The average molecular weight is 439 g/mol. The van der Waals surface area contributed by atoms with Crippen LogP contribution in [-0.2, 0) is 9.59 Å². The van der Waals surface area contributed by atoms with Crippen molar-refractivity contribution in [2.75, 3.05) is 6.61 Å². The Morgan fingerprint density at radius 3 is 2.77 bits per heavy atom. The molecular formula is C23H19ClN2O5. The number of halogens is 1. The number of esters is 1. The zero-order valence-corrected chi connectivity index (χ0v) is 17.3. The summed E-state index contributed by atoms with van der Waals surface area (Å²) in [4.78, 5) is 23.8. The van der Waals surface area contributed by atoms with Crippen LogP contribution in [0.25, 0.3) is 6.08 Å². The Kier molecular flexibility index (Phi) is 7.61. The van der Waals surface area contributed by atoms with Crippen LogP contribution in [0.3, 0.4) is 0 Å². The second kappa shape index (κ2) is 10.8. The summed E-state index contributed by atoms with van der Waals surface area (Å²) in [5.74, 6) is 0.453. The lowest BCUT2D eigenvalue weighted by molar-refractivity contribution is -0.129. The fourth-order valence-corrected chi connectivity index (χ4v) is 2.53. The van der Waals surface area contributed by atoms with E-state index in [4.69, 9.17) is 25.5 Å². The zero-order valence-electron chi connectivity index (χ0n) is 16.6. The van der Waals surface area contributed by atoms with E-state index in [1.54, 1.807) is 54.6 Å². The van der Waals surface area contributed by atoms with Gasteiger partial charge in [0.05, 0.1) is 12.5 Å². The molecule has 0 aliphatic heterocycles. The molecule has 1 heterocycles. The number of carbonyl (C=O) groups excluding carboxylic acids is 2. The van der Waals surface area contributed by atoms with Crippen molar-refractivity contribution < 1.29 is 23.5 Å². The van der Waals surface area contributed by atoms with Crippen LogP contribution in [0.5, 0.6) is 11.5 Å². The molecule has 0 aliphatic carbocycles. The van der Waals surface area contributed by atoms with Gasteiger partial charge in [0.1, 0.15) is 17.3 Å². The van der Waals surface area contributed by atoms with Gasteiger partial charge in [0.15, 0.2) is 6.61 Å². The van der Waals surface area contributed by atoms with Gasteiger partial charge >= 0.3 is 5.97 Å². The van der Waals surface area contributed by atoms with Crippen LogP contribution in [0.15, 0.2) is 76.5 Å². The molecule has 2 aromatic carbocycles. The van der Waals surface area contributed by atoms with E-state index >= 15 is 0 Å². The van der Waals surface area contributed by atoms with Crippen molar-refractivity contribution in [3.8, 4) is 11.5 Å². The molecule has 1 aromatic heterocycles. The molecule has 0 fully saturated rings. The van der Waals surface area contributed by atoms with Crippen LogP contribution in [0.1, 0.15) is 16.9 Å². The van der Waals surface area contributed by atoms with E-state index in [2.05, 4.69) is 10.5 Å². The van der Waals surface area contributed by atoms with Crippen molar-refractivity contribution in [3.05, 3.63) is 88.8 Å². The van der Waals surface area contributed by atoms with Crippen molar-refractivity contribution in [2.24, 2.45) is 5.10 Å². The molecule has 1 amide bonds. The first-order valence-electron chi connectivity index (χ1n) is 9.24. The summed E-state index contributed by atoms with van der Waals surface area (Å²) < 4.78 is 15.8. The molecule has 31 heavy (non-hydrogen) atoms. The van der Waals surface area contributed by atoms with E-state index in [9.17, 15) is 9.59 Å². The Morgan fingerprint density at radius 2 is 2.00 bits per heavy atom. The van der Waals surface area contributed by atoms with Gasteiger partial charge in [-0.15, -0.1) is 0 Å². The van der Waals surface area contributed by atoms with Gasteiger partial charge in [-0.05, 0) is 66.6 Å². The van der Waals surface area contributed by atoms with E-state index in [1.165, 1.54) is 24.6 Å². The standard InChI is InChI=1S/C23H19ClN2O5/c1-16-12-19(7-9-21(16)24)30-15-22(27)26-25-14-17-4-2-5-20(13-17)31-23(28)10-8-18-6-3-11-29-18/h2-14H,15H2,1H3,(H,26,27)/b10-8+,25-14-. The molecule has 1 N–H and O–H groups in total. The molecule has 3 rings (SSSR count). The molecule has 0 atom stereocenters. The van der Waals surface area contributed by atoms with Gasteiger partial charge in [0, 0.05) is 11.1 Å². The summed E-state index contributed by atoms with van der Waals surface area (Å²) in [5.41, 5.74) is 3.86. The maximum atomic E-state index is 11.9. The summed E-state index contributed by atoms with van der Waals surface area (Å²) in [7, 11) is 0. The molecule has 8 heteroatoms. The number of hydrazone groups is 1. The highest BCUT2D eigenvalue weighted by atomic mass is 35.5. The number of nitrogens with one attached hydrogen (secondary N) is 1. The number of hydrogen-bond donors (Lipinski definition) is 1. The number of rotatable bonds is 8. The fourth-order valence-electron chi connectivity index (χ4n) is 2.41. The minimum absolute atomic E-state index is 0.196. The first kappa shape index (κ1) is 21.9. The number of nitrogens with zero attached hydrogens (tertiary/aromatic N) is 1. The van der Waals surface area contributed by atoms with Crippen molar-refractivity contribution in [3.63, 3.8) is 0 Å². The molecule has 0 saturated carbocycles. The Balaban J connectivity index is 1.47. The van der Waals surface area contributed by atoms with Crippen molar-refractivity contribution >= 4 is 35.8 Å².